The lowest BCUT2D eigenvalue weighted by Crippen LogP contribution is -2.51. The van der Waals surface area contributed by atoms with E-state index in [-0.39, 0.29) is 11.8 Å². The number of rotatable bonds is 7. The minimum atomic E-state index is 0.118. The Hall–Kier alpha value is -1.50. The molecule has 0 aliphatic carbocycles. The lowest BCUT2D eigenvalue weighted by molar-refractivity contribution is -0.127. The first-order valence-electron chi connectivity index (χ1n) is 9.88. The quantitative estimate of drug-likeness (QED) is 0.799. The van der Waals surface area contributed by atoms with Crippen LogP contribution in [-0.4, -0.2) is 73.2 Å². The van der Waals surface area contributed by atoms with Gasteiger partial charge in [-0.05, 0) is 56.9 Å². The highest BCUT2D eigenvalue weighted by Crippen LogP contribution is 2.24. The summed E-state index contributed by atoms with van der Waals surface area (Å²) in [7, 11) is 1.76. The fourth-order valence-electron chi connectivity index (χ4n) is 4.12. The summed E-state index contributed by atoms with van der Waals surface area (Å²) in [6.45, 7) is 6.73. The zero-order chi connectivity index (χ0) is 18.2. The molecule has 2 aliphatic heterocycles. The second kappa shape index (κ2) is 10.00. The molecule has 2 aliphatic rings. The van der Waals surface area contributed by atoms with Crippen LogP contribution in [0.2, 0.25) is 0 Å². The van der Waals surface area contributed by atoms with Crippen molar-refractivity contribution in [3.63, 3.8) is 0 Å². The Morgan fingerprint density at radius 1 is 1.31 bits per heavy atom. The average Bonchev–Trinajstić information content (AvgIpc) is 2.71. The normalized spacial score (nSPS) is 23.0. The van der Waals surface area contributed by atoms with Gasteiger partial charge in [-0.1, -0.05) is 6.07 Å². The summed E-state index contributed by atoms with van der Waals surface area (Å²) in [5, 5.41) is 3.09. The molecule has 0 saturated carbocycles. The van der Waals surface area contributed by atoms with Gasteiger partial charge in [0.2, 0.25) is 5.91 Å². The van der Waals surface area contributed by atoms with Gasteiger partial charge in [-0.15, -0.1) is 0 Å². The minimum absolute atomic E-state index is 0.118. The molecule has 0 aromatic carbocycles. The molecule has 26 heavy (non-hydrogen) atoms. The SMILES string of the molecule is COCCN1CCC(N2CCC[C@@H](C(=O)NCc3cccnc3)C2)CC1. The number of aromatic nitrogens is 1. The first-order chi connectivity index (χ1) is 12.8. The van der Waals surface area contributed by atoms with Crippen molar-refractivity contribution in [3.8, 4) is 0 Å². The third kappa shape index (κ3) is 5.50. The van der Waals surface area contributed by atoms with Crippen molar-refractivity contribution >= 4 is 5.91 Å². The Bertz CT molecular complexity index is 546. The largest absolute Gasteiger partial charge is 0.383 e. The molecule has 1 aromatic rings. The lowest BCUT2D eigenvalue weighted by atomic mass is 9.93. The zero-order valence-electron chi connectivity index (χ0n) is 15.9. The first-order valence-corrected chi connectivity index (χ1v) is 9.88. The summed E-state index contributed by atoms with van der Waals surface area (Å²) in [5.74, 6) is 0.308. The lowest BCUT2D eigenvalue weighted by Gasteiger charge is -2.42. The van der Waals surface area contributed by atoms with E-state index in [4.69, 9.17) is 4.74 Å². The van der Waals surface area contributed by atoms with Crippen molar-refractivity contribution in [1.29, 1.82) is 0 Å². The predicted octanol–water partition coefficient (Wildman–Crippen LogP) is 1.52. The Balaban J connectivity index is 1.43. The van der Waals surface area contributed by atoms with Crippen molar-refractivity contribution in [3.05, 3.63) is 30.1 Å². The molecular formula is C20H32N4O2. The van der Waals surface area contributed by atoms with E-state index in [1.165, 1.54) is 12.8 Å². The van der Waals surface area contributed by atoms with Crippen molar-refractivity contribution in [2.45, 2.75) is 38.3 Å². The van der Waals surface area contributed by atoms with Crippen molar-refractivity contribution in [1.82, 2.24) is 20.1 Å². The van der Waals surface area contributed by atoms with Gasteiger partial charge in [0.25, 0.3) is 0 Å². The Labute approximate surface area is 156 Å². The van der Waals surface area contributed by atoms with Crippen LogP contribution in [0.25, 0.3) is 0 Å². The number of pyridine rings is 1. The molecule has 0 unspecified atom stereocenters. The number of methoxy groups -OCH3 is 1. The van der Waals surface area contributed by atoms with Gasteiger partial charge in [-0.3, -0.25) is 14.7 Å². The van der Waals surface area contributed by atoms with Gasteiger partial charge in [-0.2, -0.15) is 0 Å². The van der Waals surface area contributed by atoms with Gasteiger partial charge >= 0.3 is 0 Å². The summed E-state index contributed by atoms with van der Waals surface area (Å²) in [6, 6.07) is 4.53. The van der Waals surface area contributed by atoms with Crippen LogP contribution in [0, 0.1) is 5.92 Å². The molecule has 2 saturated heterocycles. The van der Waals surface area contributed by atoms with Crippen LogP contribution in [-0.2, 0) is 16.1 Å². The smallest absolute Gasteiger partial charge is 0.224 e. The average molecular weight is 361 g/mol. The van der Waals surface area contributed by atoms with E-state index in [1.54, 1.807) is 13.3 Å². The Morgan fingerprint density at radius 3 is 2.88 bits per heavy atom. The predicted molar refractivity (Wildman–Crippen MR) is 102 cm³/mol. The number of hydrogen-bond donors (Lipinski definition) is 1. The fourth-order valence-corrected chi connectivity index (χ4v) is 4.12. The molecule has 0 bridgehead atoms. The number of piperidine rings is 2. The van der Waals surface area contributed by atoms with E-state index in [9.17, 15) is 4.79 Å². The monoisotopic (exact) mass is 360 g/mol. The van der Waals surface area contributed by atoms with E-state index in [2.05, 4.69) is 20.1 Å². The highest BCUT2D eigenvalue weighted by Gasteiger charge is 2.31. The number of ether oxygens (including phenoxy) is 1. The maximum absolute atomic E-state index is 12.6. The molecule has 3 rings (SSSR count). The summed E-state index contributed by atoms with van der Waals surface area (Å²) in [6.07, 6.45) is 8.09. The summed E-state index contributed by atoms with van der Waals surface area (Å²) >= 11 is 0. The van der Waals surface area contributed by atoms with Gasteiger partial charge in [0.05, 0.1) is 12.5 Å². The van der Waals surface area contributed by atoms with Crippen molar-refractivity contribution in [2.24, 2.45) is 5.92 Å². The summed E-state index contributed by atoms with van der Waals surface area (Å²) < 4.78 is 5.18. The molecule has 0 radical (unpaired) electrons. The van der Waals surface area contributed by atoms with Crippen LogP contribution in [0.3, 0.4) is 0 Å². The number of nitrogens with zero attached hydrogens (tertiary/aromatic N) is 3. The maximum Gasteiger partial charge on any atom is 0.224 e. The van der Waals surface area contributed by atoms with Gasteiger partial charge in [0.15, 0.2) is 0 Å². The number of carbonyl (C=O) groups is 1. The molecule has 2 fully saturated rings. The highest BCUT2D eigenvalue weighted by molar-refractivity contribution is 5.78. The number of nitrogens with one attached hydrogen (secondary N) is 1. The number of amides is 1. The van der Waals surface area contributed by atoms with E-state index in [0.717, 1.165) is 57.7 Å². The molecule has 1 amide bonds. The second-order valence-electron chi connectivity index (χ2n) is 7.48. The molecule has 1 aromatic heterocycles. The minimum Gasteiger partial charge on any atom is -0.383 e. The molecule has 1 atom stereocenters. The van der Waals surface area contributed by atoms with Crippen LogP contribution < -0.4 is 5.32 Å². The van der Waals surface area contributed by atoms with Crippen LogP contribution in [0.4, 0.5) is 0 Å². The van der Waals surface area contributed by atoms with Gasteiger partial charge in [-0.25, -0.2) is 0 Å². The third-order valence-electron chi connectivity index (χ3n) is 5.70. The number of hydrogen-bond acceptors (Lipinski definition) is 5. The molecule has 3 heterocycles. The maximum atomic E-state index is 12.6. The van der Waals surface area contributed by atoms with E-state index < -0.39 is 0 Å². The topological polar surface area (TPSA) is 57.7 Å². The molecule has 0 spiro atoms. The van der Waals surface area contributed by atoms with Crippen LogP contribution >= 0.6 is 0 Å². The Kier molecular flexibility index (Phi) is 7.41. The van der Waals surface area contributed by atoms with Crippen LogP contribution in [0.1, 0.15) is 31.2 Å². The first kappa shape index (κ1) is 19.3. The van der Waals surface area contributed by atoms with Crippen molar-refractivity contribution < 1.29 is 9.53 Å². The molecule has 6 nitrogen and oxygen atoms in total. The van der Waals surface area contributed by atoms with Crippen LogP contribution in [0.15, 0.2) is 24.5 Å². The zero-order valence-corrected chi connectivity index (χ0v) is 15.9. The fraction of sp³-hybridized carbons (Fsp3) is 0.700. The van der Waals surface area contributed by atoms with E-state index in [0.29, 0.717) is 12.6 Å². The standard InChI is InChI=1S/C20H32N4O2/c1-26-13-12-23-10-6-19(7-11-23)24-9-3-5-18(16-24)20(25)22-15-17-4-2-8-21-14-17/h2,4,8,14,18-19H,3,5-7,9-13,15-16H2,1H3,(H,22,25)/t18-/m1/s1. The summed E-state index contributed by atoms with van der Waals surface area (Å²) in [5.41, 5.74) is 1.05. The van der Waals surface area contributed by atoms with E-state index in [1.807, 2.05) is 18.3 Å². The summed E-state index contributed by atoms with van der Waals surface area (Å²) in [4.78, 5) is 21.7. The number of carbonyl (C=O) groups excluding carboxylic acids is 1. The van der Waals surface area contributed by atoms with Crippen LogP contribution in [0.5, 0.6) is 0 Å². The van der Waals surface area contributed by atoms with Gasteiger partial charge in [0, 0.05) is 45.2 Å². The molecule has 1 N–H and O–H groups in total. The third-order valence-corrected chi connectivity index (χ3v) is 5.70. The molecular weight excluding hydrogens is 328 g/mol. The highest BCUT2D eigenvalue weighted by atomic mass is 16.5. The second-order valence-corrected chi connectivity index (χ2v) is 7.48. The molecule has 144 valence electrons. The Morgan fingerprint density at radius 2 is 2.15 bits per heavy atom. The van der Waals surface area contributed by atoms with Gasteiger partial charge < -0.3 is 15.0 Å². The number of likely N-dealkylation sites (tertiary alicyclic amines) is 2. The van der Waals surface area contributed by atoms with Gasteiger partial charge in [0.1, 0.15) is 0 Å². The van der Waals surface area contributed by atoms with E-state index >= 15 is 0 Å². The molecule has 6 heteroatoms. The van der Waals surface area contributed by atoms with Crippen molar-refractivity contribution in [2.75, 3.05) is 46.4 Å².